The van der Waals surface area contributed by atoms with E-state index in [1.54, 1.807) is 13.4 Å². The third-order valence-corrected chi connectivity index (χ3v) is 5.09. The van der Waals surface area contributed by atoms with Gasteiger partial charge in [0.25, 0.3) is 0 Å². The number of nitrogens with zero attached hydrogens (tertiary/aromatic N) is 5. The van der Waals surface area contributed by atoms with Gasteiger partial charge in [-0.25, -0.2) is 14.6 Å². The van der Waals surface area contributed by atoms with Crippen LogP contribution in [0.5, 0.6) is 5.75 Å². The van der Waals surface area contributed by atoms with Crippen molar-refractivity contribution in [3.63, 3.8) is 0 Å². The van der Waals surface area contributed by atoms with Crippen LogP contribution in [0.1, 0.15) is 38.9 Å². The lowest BCUT2D eigenvalue weighted by Crippen LogP contribution is -2.25. The molecule has 0 aliphatic carbocycles. The zero-order chi connectivity index (χ0) is 20.9. The number of methoxy groups -OCH3 is 1. The van der Waals surface area contributed by atoms with Crippen molar-refractivity contribution in [3.8, 4) is 23.0 Å². The summed E-state index contributed by atoms with van der Waals surface area (Å²) >= 11 is 0. The summed E-state index contributed by atoms with van der Waals surface area (Å²) in [6, 6.07) is 7.84. The number of benzene rings is 1. The standard InChI is InChI=1S/C22H29N5O3/c1-16(2)30-14-21-24-22(27(25-21)12-17-8-6-7-11-29-17)18-13-26(15-23-18)19-9-4-5-10-20(19)28-3/h4-5,9-10,13,15-17H,6-8,11-12,14H2,1-3H3. The van der Waals surface area contributed by atoms with Gasteiger partial charge in [-0.1, -0.05) is 12.1 Å². The number of ether oxygens (including phenoxy) is 3. The lowest BCUT2D eigenvalue weighted by molar-refractivity contribution is 0.00391. The molecule has 1 aromatic carbocycles. The summed E-state index contributed by atoms with van der Waals surface area (Å²) in [5.74, 6) is 2.16. The fourth-order valence-electron chi connectivity index (χ4n) is 3.57. The van der Waals surface area contributed by atoms with E-state index in [0.29, 0.717) is 19.0 Å². The van der Waals surface area contributed by atoms with Crippen LogP contribution in [0.4, 0.5) is 0 Å². The topological polar surface area (TPSA) is 76.2 Å². The van der Waals surface area contributed by atoms with Crippen molar-refractivity contribution >= 4 is 0 Å². The van der Waals surface area contributed by atoms with Crippen molar-refractivity contribution < 1.29 is 14.2 Å². The van der Waals surface area contributed by atoms with E-state index < -0.39 is 0 Å². The van der Waals surface area contributed by atoms with Crippen LogP contribution < -0.4 is 4.74 Å². The molecule has 0 N–H and O–H groups in total. The Kier molecular flexibility index (Phi) is 6.44. The first kappa shape index (κ1) is 20.6. The molecule has 8 nitrogen and oxygen atoms in total. The van der Waals surface area contributed by atoms with Gasteiger partial charge in [0.2, 0.25) is 0 Å². The quantitative estimate of drug-likeness (QED) is 0.563. The second-order valence-electron chi connectivity index (χ2n) is 7.72. The molecule has 3 aromatic rings. The maximum atomic E-state index is 5.92. The summed E-state index contributed by atoms with van der Waals surface area (Å²) in [5, 5.41) is 4.69. The molecule has 0 radical (unpaired) electrons. The Bertz CT molecular complexity index is 959. The smallest absolute Gasteiger partial charge is 0.178 e. The van der Waals surface area contributed by atoms with Crippen LogP contribution in [-0.2, 0) is 22.6 Å². The van der Waals surface area contributed by atoms with Gasteiger partial charge in [-0.15, -0.1) is 0 Å². The second kappa shape index (κ2) is 9.40. The highest BCUT2D eigenvalue weighted by molar-refractivity contribution is 5.53. The van der Waals surface area contributed by atoms with Crippen LogP contribution >= 0.6 is 0 Å². The molecule has 0 saturated carbocycles. The lowest BCUT2D eigenvalue weighted by Gasteiger charge is -2.22. The number of hydrogen-bond donors (Lipinski definition) is 0. The van der Waals surface area contributed by atoms with Crippen molar-refractivity contribution in [1.29, 1.82) is 0 Å². The summed E-state index contributed by atoms with van der Waals surface area (Å²) in [7, 11) is 1.67. The van der Waals surface area contributed by atoms with E-state index in [1.165, 1.54) is 6.42 Å². The monoisotopic (exact) mass is 411 g/mol. The highest BCUT2D eigenvalue weighted by Gasteiger charge is 2.21. The molecule has 8 heteroatoms. The van der Waals surface area contributed by atoms with Crippen molar-refractivity contribution in [2.45, 2.75) is 58.5 Å². The Hall–Kier alpha value is -2.71. The minimum absolute atomic E-state index is 0.117. The average molecular weight is 412 g/mol. The largest absolute Gasteiger partial charge is 0.495 e. The zero-order valence-electron chi connectivity index (χ0n) is 17.8. The first-order chi connectivity index (χ1) is 14.6. The van der Waals surface area contributed by atoms with Crippen LogP contribution in [-0.4, -0.2) is 50.2 Å². The molecule has 1 atom stereocenters. The van der Waals surface area contributed by atoms with Gasteiger partial charge < -0.3 is 18.8 Å². The zero-order valence-corrected chi connectivity index (χ0v) is 17.8. The van der Waals surface area contributed by atoms with Gasteiger partial charge in [-0.05, 0) is 45.2 Å². The molecule has 3 heterocycles. The van der Waals surface area contributed by atoms with Gasteiger partial charge in [0.05, 0.1) is 31.5 Å². The number of aromatic nitrogens is 5. The fraction of sp³-hybridized carbons (Fsp3) is 0.500. The Morgan fingerprint density at radius 2 is 2.10 bits per heavy atom. The molecule has 1 unspecified atom stereocenters. The molecule has 1 saturated heterocycles. The van der Waals surface area contributed by atoms with Gasteiger partial charge in [0.1, 0.15) is 24.4 Å². The van der Waals surface area contributed by atoms with Crippen LogP contribution in [0.3, 0.4) is 0 Å². The van der Waals surface area contributed by atoms with E-state index in [-0.39, 0.29) is 12.2 Å². The molecule has 1 aliphatic rings. The molecule has 0 amide bonds. The van der Waals surface area contributed by atoms with Gasteiger partial charge >= 0.3 is 0 Å². The second-order valence-corrected chi connectivity index (χ2v) is 7.72. The van der Waals surface area contributed by atoms with Gasteiger partial charge in [0, 0.05) is 12.8 Å². The average Bonchev–Trinajstić information content (AvgIpc) is 3.40. The molecule has 1 fully saturated rings. The molecular weight excluding hydrogens is 382 g/mol. The molecule has 0 bridgehead atoms. The Morgan fingerprint density at radius 3 is 2.87 bits per heavy atom. The minimum Gasteiger partial charge on any atom is -0.495 e. The van der Waals surface area contributed by atoms with E-state index in [4.69, 9.17) is 24.3 Å². The van der Waals surface area contributed by atoms with Crippen LogP contribution in [0.2, 0.25) is 0 Å². The number of rotatable bonds is 8. The van der Waals surface area contributed by atoms with Crippen molar-refractivity contribution in [1.82, 2.24) is 24.3 Å². The third kappa shape index (κ3) is 4.71. The maximum Gasteiger partial charge on any atom is 0.178 e. The van der Waals surface area contributed by atoms with E-state index in [2.05, 4.69) is 4.98 Å². The summed E-state index contributed by atoms with van der Waals surface area (Å²) < 4.78 is 21.0. The van der Waals surface area contributed by atoms with Crippen LogP contribution in [0.25, 0.3) is 17.2 Å². The fourth-order valence-corrected chi connectivity index (χ4v) is 3.57. The highest BCUT2D eigenvalue weighted by atomic mass is 16.5. The summed E-state index contributed by atoms with van der Waals surface area (Å²) in [4.78, 5) is 9.33. The predicted molar refractivity (Wildman–Crippen MR) is 113 cm³/mol. The molecule has 160 valence electrons. The van der Waals surface area contributed by atoms with Crippen molar-refractivity contribution in [2.75, 3.05) is 13.7 Å². The lowest BCUT2D eigenvalue weighted by atomic mass is 10.1. The molecule has 1 aliphatic heterocycles. The van der Waals surface area contributed by atoms with E-state index in [0.717, 1.165) is 42.4 Å². The first-order valence-electron chi connectivity index (χ1n) is 10.5. The number of imidazole rings is 1. The van der Waals surface area contributed by atoms with Crippen molar-refractivity contribution in [3.05, 3.63) is 42.6 Å². The van der Waals surface area contributed by atoms with E-state index in [1.807, 2.05) is 53.6 Å². The minimum atomic E-state index is 0.117. The summed E-state index contributed by atoms with van der Waals surface area (Å²) in [5.41, 5.74) is 1.67. The predicted octanol–water partition coefficient (Wildman–Crippen LogP) is 3.63. The van der Waals surface area contributed by atoms with Gasteiger partial charge in [-0.3, -0.25) is 0 Å². The molecule has 4 rings (SSSR count). The third-order valence-electron chi connectivity index (χ3n) is 5.09. The first-order valence-corrected chi connectivity index (χ1v) is 10.5. The Balaban J connectivity index is 1.63. The SMILES string of the molecule is COc1ccccc1-n1cnc(-c2nc(COC(C)C)nn2CC2CCCCO2)c1. The van der Waals surface area contributed by atoms with E-state index >= 15 is 0 Å². The Morgan fingerprint density at radius 1 is 1.23 bits per heavy atom. The molecular formula is C22H29N5O3. The Labute approximate surface area is 176 Å². The van der Waals surface area contributed by atoms with Crippen LogP contribution in [0, 0.1) is 0 Å². The molecule has 30 heavy (non-hydrogen) atoms. The van der Waals surface area contributed by atoms with Gasteiger partial charge in [0.15, 0.2) is 11.6 Å². The molecule has 2 aromatic heterocycles. The number of hydrogen-bond acceptors (Lipinski definition) is 6. The van der Waals surface area contributed by atoms with E-state index in [9.17, 15) is 0 Å². The molecule has 0 spiro atoms. The van der Waals surface area contributed by atoms with Crippen LogP contribution in [0.15, 0.2) is 36.8 Å². The number of para-hydroxylation sites is 2. The normalized spacial score (nSPS) is 16.9. The maximum absolute atomic E-state index is 5.92. The highest BCUT2D eigenvalue weighted by Crippen LogP contribution is 2.25. The van der Waals surface area contributed by atoms with Crippen molar-refractivity contribution in [2.24, 2.45) is 0 Å². The summed E-state index contributed by atoms with van der Waals surface area (Å²) in [6.07, 6.45) is 7.33. The summed E-state index contributed by atoms with van der Waals surface area (Å²) in [6.45, 7) is 5.84. The van der Waals surface area contributed by atoms with Gasteiger partial charge in [-0.2, -0.15) is 5.10 Å².